The second-order valence-electron chi connectivity index (χ2n) is 6.23. The molecule has 0 aromatic carbocycles. The molecule has 3 N–H and O–H groups in total. The fourth-order valence-corrected chi connectivity index (χ4v) is 2.76. The molecular formula is C16H28O7. The van der Waals surface area contributed by atoms with Gasteiger partial charge in [-0.05, 0) is 18.8 Å². The first kappa shape index (κ1) is 19.7. The van der Waals surface area contributed by atoms with Crippen LogP contribution in [0.4, 0.5) is 0 Å². The number of unbranched alkanes of at least 4 members (excludes halogenated alkanes) is 3. The molecular weight excluding hydrogens is 304 g/mol. The third kappa shape index (κ3) is 4.59. The lowest BCUT2D eigenvalue weighted by molar-refractivity contribution is -0.211. The Morgan fingerprint density at radius 1 is 1.26 bits per heavy atom. The van der Waals surface area contributed by atoms with Gasteiger partial charge in [-0.2, -0.15) is 0 Å². The third-order valence-electron chi connectivity index (χ3n) is 3.81. The number of carbonyl (C=O) groups is 1. The second-order valence-corrected chi connectivity index (χ2v) is 6.23. The van der Waals surface area contributed by atoms with E-state index < -0.39 is 30.0 Å². The van der Waals surface area contributed by atoms with Crippen molar-refractivity contribution >= 4 is 5.97 Å². The Labute approximate surface area is 136 Å². The summed E-state index contributed by atoms with van der Waals surface area (Å²) in [6, 6.07) is 0. The Hall–Kier alpha value is -1.31. The van der Waals surface area contributed by atoms with E-state index in [2.05, 4.69) is 11.8 Å². The molecule has 134 valence electrons. The largest absolute Gasteiger partial charge is 0.490 e. The smallest absolute Gasteiger partial charge is 0.382 e. The topological polar surface area (TPSA) is 105 Å². The van der Waals surface area contributed by atoms with Crippen LogP contribution in [0.15, 0.2) is 11.5 Å². The molecule has 0 saturated carbocycles. The van der Waals surface area contributed by atoms with Gasteiger partial charge in [-0.3, -0.25) is 0 Å². The molecule has 2 atom stereocenters. The zero-order chi connectivity index (χ0) is 17.5. The molecule has 7 heteroatoms. The first-order chi connectivity index (χ1) is 10.9. The van der Waals surface area contributed by atoms with Crippen LogP contribution in [-0.4, -0.2) is 46.4 Å². The van der Waals surface area contributed by atoms with Gasteiger partial charge in [0, 0.05) is 0 Å². The predicted octanol–water partition coefficient (Wildman–Crippen LogP) is 1.98. The van der Waals surface area contributed by atoms with Crippen molar-refractivity contribution in [2.75, 3.05) is 13.2 Å². The number of ether oxygens (including phenoxy) is 2. The third-order valence-corrected chi connectivity index (χ3v) is 3.81. The zero-order valence-corrected chi connectivity index (χ0v) is 14.1. The molecule has 0 fully saturated rings. The molecule has 1 aliphatic heterocycles. The molecule has 0 saturated heterocycles. The van der Waals surface area contributed by atoms with Crippen LogP contribution < -0.4 is 0 Å². The molecule has 0 unspecified atom stereocenters. The van der Waals surface area contributed by atoms with Gasteiger partial charge in [-0.15, -0.1) is 0 Å². The SMILES string of the molecule is CCCCCCOC1=C(OO)C(=O)O[C@]1(CC(C)C)[C@@H](O)CO. The molecule has 7 nitrogen and oxygen atoms in total. The number of esters is 1. The quantitative estimate of drug-likeness (QED) is 0.230. The molecule has 23 heavy (non-hydrogen) atoms. The van der Waals surface area contributed by atoms with Crippen molar-refractivity contribution in [3.05, 3.63) is 11.5 Å². The summed E-state index contributed by atoms with van der Waals surface area (Å²) in [5.74, 6) is -1.38. The summed E-state index contributed by atoms with van der Waals surface area (Å²) < 4.78 is 10.9. The summed E-state index contributed by atoms with van der Waals surface area (Å²) in [7, 11) is 0. The van der Waals surface area contributed by atoms with Crippen LogP contribution in [0.2, 0.25) is 0 Å². The normalized spacial score (nSPS) is 22.5. The summed E-state index contributed by atoms with van der Waals surface area (Å²) >= 11 is 0. The molecule has 1 heterocycles. The maximum Gasteiger partial charge on any atom is 0.382 e. The first-order valence-corrected chi connectivity index (χ1v) is 8.14. The first-order valence-electron chi connectivity index (χ1n) is 8.14. The number of hydrogen-bond acceptors (Lipinski definition) is 7. The van der Waals surface area contributed by atoms with E-state index >= 15 is 0 Å². The summed E-state index contributed by atoms with van der Waals surface area (Å²) in [5.41, 5.74) is -1.54. The molecule has 0 aromatic rings. The van der Waals surface area contributed by atoms with Crippen molar-refractivity contribution in [3.8, 4) is 0 Å². The van der Waals surface area contributed by atoms with Crippen LogP contribution >= 0.6 is 0 Å². The summed E-state index contributed by atoms with van der Waals surface area (Å²) in [6.07, 6.45) is 2.74. The maximum atomic E-state index is 11.9. The highest BCUT2D eigenvalue weighted by atomic mass is 17.1. The standard InChI is InChI=1S/C16H28O7/c1-4-5-6-7-8-21-14-13(23-20)15(19)22-16(14,9-11(2)3)12(18)10-17/h11-12,17-18,20H,4-10H2,1-3H3/t12-,16+/m0/s1. The highest BCUT2D eigenvalue weighted by Gasteiger charge is 2.56. The summed E-state index contributed by atoms with van der Waals surface area (Å²) in [6.45, 7) is 5.56. The van der Waals surface area contributed by atoms with Crippen molar-refractivity contribution in [2.24, 2.45) is 5.92 Å². The van der Waals surface area contributed by atoms with E-state index in [1.54, 1.807) is 0 Å². The van der Waals surface area contributed by atoms with E-state index in [0.717, 1.165) is 25.7 Å². The average Bonchev–Trinajstić information content (AvgIpc) is 2.77. The Bertz CT molecular complexity index is 419. The lowest BCUT2D eigenvalue weighted by atomic mass is 9.85. The van der Waals surface area contributed by atoms with Gasteiger partial charge in [0.1, 0.15) is 6.10 Å². The van der Waals surface area contributed by atoms with Gasteiger partial charge >= 0.3 is 5.97 Å². The summed E-state index contributed by atoms with van der Waals surface area (Å²) in [4.78, 5) is 16.1. The average molecular weight is 332 g/mol. The molecule has 0 radical (unpaired) electrons. The van der Waals surface area contributed by atoms with Gasteiger partial charge in [0.05, 0.1) is 13.2 Å². The van der Waals surface area contributed by atoms with Crippen molar-refractivity contribution in [1.82, 2.24) is 0 Å². The molecule has 0 amide bonds. The summed E-state index contributed by atoms with van der Waals surface area (Å²) in [5, 5.41) is 28.6. The van der Waals surface area contributed by atoms with E-state index in [9.17, 15) is 15.0 Å². The molecule has 0 aliphatic carbocycles. The van der Waals surface area contributed by atoms with Crippen molar-refractivity contribution in [2.45, 2.75) is 64.6 Å². The Morgan fingerprint density at radius 2 is 1.96 bits per heavy atom. The lowest BCUT2D eigenvalue weighted by Gasteiger charge is -2.34. The predicted molar refractivity (Wildman–Crippen MR) is 82.2 cm³/mol. The van der Waals surface area contributed by atoms with Gasteiger partial charge in [-0.1, -0.05) is 40.0 Å². The molecule has 1 rings (SSSR count). The number of carbonyl (C=O) groups excluding carboxylic acids is 1. The highest BCUT2D eigenvalue weighted by Crippen LogP contribution is 2.41. The van der Waals surface area contributed by atoms with Crippen LogP contribution in [0.5, 0.6) is 0 Å². The van der Waals surface area contributed by atoms with Gasteiger partial charge in [0.25, 0.3) is 5.76 Å². The number of aliphatic hydroxyl groups excluding tert-OH is 2. The number of hydrogen-bond donors (Lipinski definition) is 3. The van der Waals surface area contributed by atoms with Crippen molar-refractivity contribution in [1.29, 1.82) is 0 Å². The fraction of sp³-hybridized carbons (Fsp3) is 0.812. The van der Waals surface area contributed by atoms with Crippen molar-refractivity contribution < 1.29 is 34.6 Å². The minimum absolute atomic E-state index is 0.0423. The molecule has 0 spiro atoms. The van der Waals surface area contributed by atoms with Crippen LogP contribution in [0.25, 0.3) is 0 Å². The van der Waals surface area contributed by atoms with E-state index in [1.165, 1.54) is 0 Å². The minimum atomic E-state index is -1.54. The van der Waals surface area contributed by atoms with Crippen LogP contribution in [0.3, 0.4) is 0 Å². The number of rotatable bonds is 11. The highest BCUT2D eigenvalue weighted by molar-refractivity contribution is 5.90. The zero-order valence-electron chi connectivity index (χ0n) is 14.1. The van der Waals surface area contributed by atoms with Gasteiger partial charge in [0.15, 0.2) is 5.76 Å². The van der Waals surface area contributed by atoms with E-state index in [-0.39, 0.29) is 18.1 Å². The van der Waals surface area contributed by atoms with Crippen LogP contribution in [-0.2, 0) is 19.2 Å². The van der Waals surface area contributed by atoms with Gasteiger partial charge in [0.2, 0.25) is 5.60 Å². The van der Waals surface area contributed by atoms with Gasteiger partial charge < -0.3 is 24.6 Å². The fourth-order valence-electron chi connectivity index (χ4n) is 2.76. The number of cyclic esters (lactones) is 1. The Balaban J connectivity index is 3.01. The van der Waals surface area contributed by atoms with Crippen LogP contribution in [0.1, 0.15) is 52.9 Å². The maximum absolute atomic E-state index is 11.9. The van der Waals surface area contributed by atoms with Gasteiger partial charge in [-0.25, -0.2) is 10.1 Å². The minimum Gasteiger partial charge on any atom is -0.490 e. The number of aliphatic hydroxyl groups is 2. The molecule has 1 aliphatic rings. The molecule has 0 aromatic heterocycles. The van der Waals surface area contributed by atoms with E-state index in [4.69, 9.17) is 14.7 Å². The van der Waals surface area contributed by atoms with Crippen LogP contribution in [0, 0.1) is 5.92 Å². The van der Waals surface area contributed by atoms with Crippen molar-refractivity contribution in [3.63, 3.8) is 0 Å². The lowest BCUT2D eigenvalue weighted by Crippen LogP contribution is -2.48. The van der Waals surface area contributed by atoms with E-state index in [0.29, 0.717) is 6.61 Å². The Kier molecular flexibility index (Phi) is 7.81. The van der Waals surface area contributed by atoms with E-state index in [1.807, 2.05) is 13.8 Å². The second kappa shape index (κ2) is 9.10. The monoisotopic (exact) mass is 332 g/mol. The molecule has 0 bridgehead atoms. The Morgan fingerprint density at radius 3 is 2.48 bits per heavy atom.